The first-order valence-corrected chi connectivity index (χ1v) is 25.4. The molecule has 9 heteroatoms. The molecule has 1 fully saturated rings. The van der Waals surface area contributed by atoms with Crippen molar-refractivity contribution in [3.05, 3.63) is 60.8 Å². The van der Waals surface area contributed by atoms with Gasteiger partial charge in [0, 0.05) is 13.0 Å². The summed E-state index contributed by atoms with van der Waals surface area (Å²) in [5.74, 6) is -0.331. The fraction of sp³-hybridized carbons (Fsp3) is 0.792. The third-order valence-electron chi connectivity index (χ3n) is 11.4. The standard InChI is InChI=1S/C53H94O9/c1-3-5-7-9-11-13-15-17-19-20-21-22-23-24-25-26-27-29-31-33-35-37-39-41-43-59-45-47(46-60-53-52(58)51(57)50(56)48(44-54)62-53)61-49(55)42-40-38-36-34-32-30-28-18-16-14-12-10-8-6-4-2/h6,8,12,14-15,17-18,20-21,28,47-48,50-54,56-58H,3-5,7,9-11,13,16,19,22-27,29-46H2,1-2H3/b8-6-,14-12-,17-15-,21-20-,28-18-. The summed E-state index contributed by atoms with van der Waals surface area (Å²) < 4.78 is 22.9. The number of hydrogen-bond acceptors (Lipinski definition) is 9. The maximum atomic E-state index is 12.8. The molecule has 0 aromatic carbocycles. The molecule has 0 aromatic rings. The van der Waals surface area contributed by atoms with Gasteiger partial charge in [-0.1, -0.05) is 184 Å². The van der Waals surface area contributed by atoms with Crippen LogP contribution in [0.3, 0.4) is 0 Å². The van der Waals surface area contributed by atoms with Crippen molar-refractivity contribution in [3.8, 4) is 0 Å². The van der Waals surface area contributed by atoms with E-state index in [4.69, 9.17) is 18.9 Å². The molecule has 0 amide bonds. The molecule has 4 N–H and O–H groups in total. The molecule has 360 valence electrons. The predicted octanol–water partition coefficient (Wildman–Crippen LogP) is 12.3. The number of unbranched alkanes of at least 4 members (excludes halogenated alkanes) is 22. The van der Waals surface area contributed by atoms with Crippen molar-refractivity contribution in [1.29, 1.82) is 0 Å². The molecule has 1 aliphatic heterocycles. The van der Waals surface area contributed by atoms with Gasteiger partial charge in [0.25, 0.3) is 0 Å². The minimum absolute atomic E-state index is 0.123. The zero-order valence-electron chi connectivity index (χ0n) is 39.6. The van der Waals surface area contributed by atoms with Crippen molar-refractivity contribution in [1.82, 2.24) is 0 Å². The minimum Gasteiger partial charge on any atom is -0.457 e. The second kappa shape index (κ2) is 44.1. The van der Waals surface area contributed by atoms with Crippen molar-refractivity contribution in [2.24, 2.45) is 0 Å². The van der Waals surface area contributed by atoms with Crippen molar-refractivity contribution in [2.75, 3.05) is 26.4 Å². The Morgan fingerprint density at radius 1 is 0.532 bits per heavy atom. The third-order valence-corrected chi connectivity index (χ3v) is 11.4. The number of ether oxygens (including phenoxy) is 4. The number of hydrogen-bond donors (Lipinski definition) is 4. The average molecular weight is 875 g/mol. The SMILES string of the molecule is CC/C=C\C/C=C\C/C=C\CCCCCCCC(=O)OC(COCCCCCCCCCCCCCC/C=C\C/C=C\CCCCCCC)COC1OC(CO)C(O)C(O)C1O. The van der Waals surface area contributed by atoms with Crippen molar-refractivity contribution in [2.45, 2.75) is 243 Å². The average Bonchev–Trinajstić information content (AvgIpc) is 3.27. The van der Waals surface area contributed by atoms with Gasteiger partial charge in [-0.05, 0) is 77.0 Å². The van der Waals surface area contributed by atoms with Crippen LogP contribution >= 0.6 is 0 Å². The van der Waals surface area contributed by atoms with E-state index in [1.54, 1.807) is 0 Å². The topological polar surface area (TPSA) is 135 Å². The fourth-order valence-electron chi connectivity index (χ4n) is 7.48. The molecular formula is C53H94O9. The highest BCUT2D eigenvalue weighted by molar-refractivity contribution is 5.69. The highest BCUT2D eigenvalue weighted by Crippen LogP contribution is 2.23. The predicted molar refractivity (Wildman–Crippen MR) is 256 cm³/mol. The zero-order valence-corrected chi connectivity index (χ0v) is 39.6. The highest BCUT2D eigenvalue weighted by atomic mass is 16.7. The molecule has 0 saturated carbocycles. The van der Waals surface area contributed by atoms with Gasteiger partial charge in [-0.2, -0.15) is 0 Å². The van der Waals surface area contributed by atoms with Gasteiger partial charge in [-0.15, -0.1) is 0 Å². The number of carbonyl (C=O) groups is 1. The van der Waals surface area contributed by atoms with Gasteiger partial charge in [0.15, 0.2) is 6.29 Å². The number of aliphatic hydroxyl groups excluding tert-OH is 4. The lowest BCUT2D eigenvalue weighted by Crippen LogP contribution is -2.59. The lowest BCUT2D eigenvalue weighted by atomic mass is 9.99. The van der Waals surface area contributed by atoms with Crippen LogP contribution in [0.1, 0.15) is 206 Å². The van der Waals surface area contributed by atoms with Gasteiger partial charge in [0.05, 0.1) is 19.8 Å². The Morgan fingerprint density at radius 3 is 1.48 bits per heavy atom. The molecule has 6 unspecified atom stereocenters. The quantitative estimate of drug-likeness (QED) is 0.0268. The number of esters is 1. The molecule has 0 radical (unpaired) electrons. The summed E-state index contributed by atoms with van der Waals surface area (Å²) >= 11 is 0. The summed E-state index contributed by atoms with van der Waals surface area (Å²) in [6.45, 7) is 4.42. The van der Waals surface area contributed by atoms with E-state index in [9.17, 15) is 25.2 Å². The number of carbonyl (C=O) groups excluding carboxylic acids is 1. The Bertz CT molecular complexity index is 1130. The number of aliphatic hydroxyl groups is 4. The van der Waals surface area contributed by atoms with E-state index in [0.29, 0.717) is 13.0 Å². The van der Waals surface area contributed by atoms with E-state index in [1.165, 1.54) is 109 Å². The largest absolute Gasteiger partial charge is 0.457 e. The van der Waals surface area contributed by atoms with Crippen LogP contribution in [0, 0.1) is 0 Å². The van der Waals surface area contributed by atoms with Gasteiger partial charge in [-0.3, -0.25) is 4.79 Å². The van der Waals surface area contributed by atoms with Gasteiger partial charge in [0.2, 0.25) is 0 Å². The minimum atomic E-state index is -1.54. The molecule has 0 spiro atoms. The number of rotatable bonds is 43. The monoisotopic (exact) mass is 875 g/mol. The molecule has 1 aliphatic rings. The Balaban J connectivity index is 2.19. The van der Waals surface area contributed by atoms with Crippen LogP contribution in [-0.4, -0.2) is 89.6 Å². The van der Waals surface area contributed by atoms with E-state index in [-0.39, 0.29) is 19.2 Å². The first-order chi connectivity index (χ1) is 30.4. The van der Waals surface area contributed by atoms with Gasteiger partial charge >= 0.3 is 5.97 Å². The molecule has 0 aromatic heterocycles. The second-order valence-corrected chi connectivity index (χ2v) is 17.2. The van der Waals surface area contributed by atoms with Crippen LogP contribution in [0.25, 0.3) is 0 Å². The molecule has 62 heavy (non-hydrogen) atoms. The first kappa shape index (κ1) is 57.9. The van der Waals surface area contributed by atoms with Crippen molar-refractivity contribution < 1.29 is 44.2 Å². The Labute approximate surface area is 379 Å². The van der Waals surface area contributed by atoms with Crippen LogP contribution in [0.15, 0.2) is 60.8 Å². The molecular weight excluding hydrogens is 781 g/mol. The summed E-state index contributed by atoms with van der Waals surface area (Å²) in [6.07, 6.45) is 49.7. The van der Waals surface area contributed by atoms with Crippen LogP contribution in [0.5, 0.6) is 0 Å². The van der Waals surface area contributed by atoms with Gasteiger partial charge in [0.1, 0.15) is 30.5 Å². The summed E-state index contributed by atoms with van der Waals surface area (Å²) in [5, 5.41) is 40.2. The van der Waals surface area contributed by atoms with Gasteiger partial charge < -0.3 is 39.4 Å². The van der Waals surface area contributed by atoms with E-state index in [0.717, 1.165) is 77.0 Å². The van der Waals surface area contributed by atoms with E-state index < -0.39 is 43.4 Å². The summed E-state index contributed by atoms with van der Waals surface area (Å²) in [7, 11) is 0. The lowest BCUT2D eigenvalue weighted by Gasteiger charge is -2.39. The number of allylic oxidation sites excluding steroid dienone is 10. The zero-order chi connectivity index (χ0) is 45.0. The summed E-state index contributed by atoms with van der Waals surface area (Å²) in [6, 6.07) is 0. The van der Waals surface area contributed by atoms with E-state index in [2.05, 4.69) is 74.6 Å². The highest BCUT2D eigenvalue weighted by Gasteiger charge is 2.44. The van der Waals surface area contributed by atoms with Crippen LogP contribution < -0.4 is 0 Å². The summed E-state index contributed by atoms with van der Waals surface area (Å²) in [5.41, 5.74) is 0. The molecule has 1 saturated heterocycles. The van der Waals surface area contributed by atoms with Crippen LogP contribution in [0.4, 0.5) is 0 Å². The molecule has 0 aliphatic carbocycles. The molecule has 1 heterocycles. The molecule has 1 rings (SSSR count). The fourth-order valence-corrected chi connectivity index (χ4v) is 7.48. The third kappa shape index (κ3) is 34.3. The Morgan fingerprint density at radius 2 is 0.984 bits per heavy atom. The van der Waals surface area contributed by atoms with E-state index in [1.807, 2.05) is 0 Å². The Hall–Kier alpha value is -2.11. The van der Waals surface area contributed by atoms with Crippen molar-refractivity contribution in [3.63, 3.8) is 0 Å². The van der Waals surface area contributed by atoms with Crippen LogP contribution in [-0.2, 0) is 23.7 Å². The Kier molecular flexibility index (Phi) is 41.2. The van der Waals surface area contributed by atoms with E-state index >= 15 is 0 Å². The van der Waals surface area contributed by atoms with Crippen LogP contribution in [0.2, 0.25) is 0 Å². The smallest absolute Gasteiger partial charge is 0.306 e. The lowest BCUT2D eigenvalue weighted by molar-refractivity contribution is -0.305. The van der Waals surface area contributed by atoms with Crippen molar-refractivity contribution >= 4 is 5.97 Å². The molecule has 9 nitrogen and oxygen atoms in total. The maximum absolute atomic E-state index is 12.8. The normalized spacial score (nSPS) is 20.3. The maximum Gasteiger partial charge on any atom is 0.306 e. The second-order valence-electron chi connectivity index (χ2n) is 17.2. The first-order valence-electron chi connectivity index (χ1n) is 25.4. The molecule has 0 bridgehead atoms. The summed E-state index contributed by atoms with van der Waals surface area (Å²) in [4.78, 5) is 12.8. The van der Waals surface area contributed by atoms with Gasteiger partial charge in [-0.25, -0.2) is 0 Å². The molecule has 6 atom stereocenters.